The van der Waals surface area contributed by atoms with Gasteiger partial charge < -0.3 is 14.8 Å². The Kier molecular flexibility index (Phi) is 6.74. The zero-order chi connectivity index (χ0) is 19.1. The minimum absolute atomic E-state index is 0.234. The summed E-state index contributed by atoms with van der Waals surface area (Å²) in [5, 5.41) is 3.21. The zero-order valence-electron chi connectivity index (χ0n) is 14.3. The minimum atomic E-state index is -0.879. The molecule has 7 heteroatoms. The van der Waals surface area contributed by atoms with Gasteiger partial charge in [-0.2, -0.15) is 0 Å². The van der Waals surface area contributed by atoms with E-state index in [4.69, 9.17) is 16.3 Å². The topological polar surface area (TPSA) is 81.7 Å². The van der Waals surface area contributed by atoms with Crippen LogP contribution < -0.4 is 5.32 Å². The van der Waals surface area contributed by atoms with Crippen LogP contribution >= 0.6 is 11.6 Å². The summed E-state index contributed by atoms with van der Waals surface area (Å²) < 4.78 is 9.41. The van der Waals surface area contributed by atoms with Crippen molar-refractivity contribution in [3.63, 3.8) is 0 Å². The number of benzene rings is 2. The quantitative estimate of drug-likeness (QED) is 0.785. The monoisotopic (exact) mass is 375 g/mol. The van der Waals surface area contributed by atoms with Crippen LogP contribution in [0.1, 0.15) is 26.3 Å². The molecule has 0 bridgehead atoms. The van der Waals surface area contributed by atoms with Gasteiger partial charge in [-0.15, -0.1) is 0 Å². The third-order valence-corrected chi connectivity index (χ3v) is 3.94. The van der Waals surface area contributed by atoms with E-state index in [9.17, 15) is 14.4 Å². The van der Waals surface area contributed by atoms with Crippen LogP contribution in [0.3, 0.4) is 0 Å². The number of methoxy groups -OCH3 is 2. The van der Waals surface area contributed by atoms with Crippen LogP contribution in [0.4, 0.5) is 0 Å². The van der Waals surface area contributed by atoms with Gasteiger partial charge in [-0.3, -0.25) is 4.79 Å². The first-order valence-corrected chi connectivity index (χ1v) is 8.14. The maximum atomic E-state index is 12.5. The van der Waals surface area contributed by atoms with Gasteiger partial charge in [0.15, 0.2) is 0 Å². The molecule has 0 aliphatic carbocycles. The van der Waals surface area contributed by atoms with Crippen molar-refractivity contribution in [2.24, 2.45) is 0 Å². The van der Waals surface area contributed by atoms with E-state index in [0.29, 0.717) is 5.02 Å². The summed E-state index contributed by atoms with van der Waals surface area (Å²) >= 11 is 5.86. The third-order valence-electron chi connectivity index (χ3n) is 3.69. The molecule has 0 aromatic heterocycles. The highest BCUT2D eigenvalue weighted by Gasteiger charge is 2.23. The summed E-state index contributed by atoms with van der Waals surface area (Å²) in [4.78, 5) is 36.1. The van der Waals surface area contributed by atoms with E-state index in [1.165, 1.54) is 26.4 Å². The van der Waals surface area contributed by atoms with Crippen LogP contribution in [0.5, 0.6) is 0 Å². The Morgan fingerprint density at radius 3 is 2.27 bits per heavy atom. The van der Waals surface area contributed by atoms with Crippen LogP contribution in [0.2, 0.25) is 5.02 Å². The highest BCUT2D eigenvalue weighted by molar-refractivity contribution is 6.30. The highest BCUT2D eigenvalue weighted by atomic mass is 35.5. The zero-order valence-corrected chi connectivity index (χ0v) is 15.1. The van der Waals surface area contributed by atoms with Gasteiger partial charge >= 0.3 is 11.9 Å². The molecule has 136 valence electrons. The number of hydrogen-bond acceptors (Lipinski definition) is 5. The van der Waals surface area contributed by atoms with E-state index >= 15 is 0 Å². The molecule has 0 heterocycles. The molecule has 0 aliphatic rings. The molecule has 0 fully saturated rings. The highest BCUT2D eigenvalue weighted by Crippen LogP contribution is 2.13. The van der Waals surface area contributed by atoms with Gasteiger partial charge in [0.2, 0.25) is 0 Å². The molecule has 1 N–H and O–H groups in total. The molecule has 0 saturated carbocycles. The average molecular weight is 376 g/mol. The van der Waals surface area contributed by atoms with Gasteiger partial charge in [-0.05, 0) is 35.9 Å². The average Bonchev–Trinajstić information content (AvgIpc) is 2.67. The smallest absolute Gasteiger partial charge is 0.337 e. The lowest BCUT2D eigenvalue weighted by molar-refractivity contribution is -0.142. The fourth-order valence-corrected chi connectivity index (χ4v) is 2.46. The number of esters is 2. The Morgan fingerprint density at radius 2 is 1.65 bits per heavy atom. The Balaban J connectivity index is 2.17. The fourth-order valence-electron chi connectivity index (χ4n) is 2.34. The summed E-state index contributed by atoms with van der Waals surface area (Å²) in [6.07, 6.45) is 0.242. The second kappa shape index (κ2) is 9.01. The van der Waals surface area contributed by atoms with E-state index in [1.807, 2.05) is 0 Å². The number of ether oxygens (including phenoxy) is 2. The summed E-state index contributed by atoms with van der Waals surface area (Å²) in [6.45, 7) is 0. The van der Waals surface area contributed by atoms with Gasteiger partial charge in [0.1, 0.15) is 6.04 Å². The molecule has 0 spiro atoms. The van der Waals surface area contributed by atoms with Crippen molar-refractivity contribution < 1.29 is 23.9 Å². The first kappa shape index (κ1) is 19.5. The molecule has 6 nitrogen and oxygen atoms in total. The number of amides is 1. The van der Waals surface area contributed by atoms with Crippen LogP contribution in [-0.2, 0) is 20.7 Å². The van der Waals surface area contributed by atoms with Crippen molar-refractivity contribution in [1.29, 1.82) is 0 Å². The van der Waals surface area contributed by atoms with Crippen LogP contribution in [-0.4, -0.2) is 38.1 Å². The summed E-state index contributed by atoms with van der Waals surface area (Å²) in [7, 11) is 2.51. The summed E-state index contributed by atoms with van der Waals surface area (Å²) in [5.41, 5.74) is 1.29. The first-order valence-electron chi connectivity index (χ1n) is 7.76. The van der Waals surface area contributed by atoms with Crippen molar-refractivity contribution in [2.75, 3.05) is 14.2 Å². The Hall–Kier alpha value is -2.86. The molecule has 0 radical (unpaired) electrons. The van der Waals surface area contributed by atoms with Gasteiger partial charge in [-0.1, -0.05) is 29.8 Å². The standard InChI is InChI=1S/C19H18ClNO5/c1-25-18(23)14-5-3-4-13(11-14)17(22)21-16(19(24)26-2)10-12-6-8-15(20)9-7-12/h3-9,11,16H,10H2,1-2H3,(H,21,22)/t16-/m1/s1. The second-order valence-electron chi connectivity index (χ2n) is 5.45. The maximum absolute atomic E-state index is 12.5. The largest absolute Gasteiger partial charge is 0.467 e. The Labute approximate surface area is 156 Å². The SMILES string of the molecule is COC(=O)c1cccc(C(=O)N[C@H](Cc2ccc(Cl)cc2)C(=O)OC)c1. The predicted octanol–water partition coefficient (Wildman–Crippen LogP) is 2.64. The van der Waals surface area contributed by atoms with Crippen LogP contribution in [0.15, 0.2) is 48.5 Å². The summed E-state index contributed by atoms with van der Waals surface area (Å²) in [6, 6.07) is 12.1. The van der Waals surface area contributed by atoms with E-state index in [2.05, 4.69) is 10.1 Å². The molecule has 1 amide bonds. The molecule has 26 heavy (non-hydrogen) atoms. The molecule has 2 rings (SSSR count). The second-order valence-corrected chi connectivity index (χ2v) is 5.89. The van der Waals surface area contributed by atoms with Crippen LogP contribution in [0.25, 0.3) is 0 Å². The van der Waals surface area contributed by atoms with Crippen molar-refractivity contribution in [2.45, 2.75) is 12.5 Å². The van der Waals surface area contributed by atoms with Gasteiger partial charge in [0.25, 0.3) is 5.91 Å². The fraction of sp³-hybridized carbons (Fsp3) is 0.211. The number of rotatable bonds is 6. The normalized spacial score (nSPS) is 11.3. The lowest BCUT2D eigenvalue weighted by Crippen LogP contribution is -2.43. The lowest BCUT2D eigenvalue weighted by atomic mass is 10.0. The van der Waals surface area contributed by atoms with Crippen molar-refractivity contribution in [3.8, 4) is 0 Å². The number of hydrogen-bond donors (Lipinski definition) is 1. The van der Waals surface area contributed by atoms with Crippen LogP contribution in [0, 0.1) is 0 Å². The molecular weight excluding hydrogens is 358 g/mol. The maximum Gasteiger partial charge on any atom is 0.337 e. The molecule has 0 aliphatic heterocycles. The third kappa shape index (κ3) is 5.07. The van der Waals surface area contributed by atoms with E-state index in [0.717, 1.165) is 5.56 Å². The molecule has 2 aromatic rings. The van der Waals surface area contributed by atoms with E-state index < -0.39 is 23.9 Å². The Bertz CT molecular complexity index is 804. The molecule has 0 unspecified atom stereocenters. The number of halogens is 1. The molecule has 1 atom stereocenters. The van der Waals surface area contributed by atoms with Crippen molar-refractivity contribution >= 4 is 29.4 Å². The van der Waals surface area contributed by atoms with Gasteiger partial charge in [0.05, 0.1) is 19.8 Å². The summed E-state index contributed by atoms with van der Waals surface area (Å²) in [5.74, 6) is -1.62. The first-order chi connectivity index (χ1) is 12.4. The number of nitrogens with one attached hydrogen (secondary N) is 1. The lowest BCUT2D eigenvalue weighted by Gasteiger charge is -2.17. The molecule has 2 aromatic carbocycles. The minimum Gasteiger partial charge on any atom is -0.467 e. The van der Waals surface area contributed by atoms with E-state index in [1.54, 1.807) is 36.4 Å². The number of carbonyl (C=O) groups is 3. The van der Waals surface area contributed by atoms with Gasteiger partial charge in [-0.25, -0.2) is 9.59 Å². The predicted molar refractivity (Wildman–Crippen MR) is 96.2 cm³/mol. The number of carbonyl (C=O) groups excluding carboxylic acids is 3. The van der Waals surface area contributed by atoms with Gasteiger partial charge in [0, 0.05) is 17.0 Å². The molecular formula is C19H18ClNO5. The van der Waals surface area contributed by atoms with Crippen molar-refractivity contribution in [1.82, 2.24) is 5.32 Å². The van der Waals surface area contributed by atoms with Crippen molar-refractivity contribution in [3.05, 3.63) is 70.2 Å². The van der Waals surface area contributed by atoms with E-state index in [-0.39, 0.29) is 17.5 Å². The molecule has 0 saturated heterocycles. The Morgan fingerprint density at radius 1 is 1.00 bits per heavy atom.